The van der Waals surface area contributed by atoms with E-state index in [2.05, 4.69) is 4.98 Å². The highest BCUT2D eigenvalue weighted by Crippen LogP contribution is 2.28. The molecule has 0 aliphatic carbocycles. The van der Waals surface area contributed by atoms with Crippen LogP contribution < -0.4 is 0 Å². The van der Waals surface area contributed by atoms with Crippen LogP contribution in [0.3, 0.4) is 0 Å². The van der Waals surface area contributed by atoms with Crippen molar-refractivity contribution in [2.24, 2.45) is 0 Å². The molecule has 1 heterocycles. The molecule has 1 aromatic heterocycles. The second-order valence-corrected chi connectivity index (χ2v) is 3.62. The van der Waals surface area contributed by atoms with E-state index in [-0.39, 0.29) is 27.9 Å². The molecule has 0 atom stereocenters. The van der Waals surface area contributed by atoms with Crippen LogP contribution in [0, 0.1) is 18.3 Å². The Balaban J connectivity index is 3.41. The lowest BCUT2D eigenvalue weighted by Gasteiger charge is -2.08. The van der Waals surface area contributed by atoms with Gasteiger partial charge < -0.3 is 4.74 Å². The molecular formula is C10H8Cl2N2O2. The summed E-state index contributed by atoms with van der Waals surface area (Å²) in [5.74, 6) is -0.679. The molecule has 84 valence electrons. The van der Waals surface area contributed by atoms with Crippen LogP contribution in [-0.4, -0.2) is 17.6 Å². The van der Waals surface area contributed by atoms with Gasteiger partial charge in [-0.05, 0) is 13.8 Å². The quantitative estimate of drug-likeness (QED) is 0.605. The molecule has 0 aliphatic rings. The van der Waals surface area contributed by atoms with Gasteiger partial charge in [-0.3, -0.25) is 0 Å². The second kappa shape index (κ2) is 5.15. The zero-order valence-electron chi connectivity index (χ0n) is 8.67. The molecule has 0 spiro atoms. The fraction of sp³-hybridized carbons (Fsp3) is 0.300. The first-order chi connectivity index (χ1) is 7.52. The Morgan fingerprint density at radius 3 is 2.69 bits per heavy atom. The van der Waals surface area contributed by atoms with Gasteiger partial charge in [-0.25, -0.2) is 9.78 Å². The molecule has 0 unspecified atom stereocenters. The van der Waals surface area contributed by atoms with Gasteiger partial charge in [0.15, 0.2) is 0 Å². The highest BCUT2D eigenvalue weighted by molar-refractivity contribution is 6.39. The van der Waals surface area contributed by atoms with Gasteiger partial charge in [-0.1, -0.05) is 23.2 Å². The van der Waals surface area contributed by atoms with Gasteiger partial charge in [0, 0.05) is 0 Å². The number of aryl methyl sites for hydroxylation is 1. The number of rotatable bonds is 2. The number of esters is 1. The van der Waals surface area contributed by atoms with E-state index in [0.29, 0.717) is 5.69 Å². The largest absolute Gasteiger partial charge is 0.462 e. The number of carbonyl (C=O) groups is 1. The summed E-state index contributed by atoms with van der Waals surface area (Å²) in [6.45, 7) is 3.44. The van der Waals surface area contributed by atoms with E-state index in [0.717, 1.165) is 0 Å². The fourth-order valence-corrected chi connectivity index (χ4v) is 1.83. The van der Waals surface area contributed by atoms with Gasteiger partial charge >= 0.3 is 5.97 Å². The number of halogens is 2. The van der Waals surface area contributed by atoms with E-state index in [1.165, 1.54) is 0 Å². The monoisotopic (exact) mass is 258 g/mol. The van der Waals surface area contributed by atoms with Crippen molar-refractivity contribution in [3.05, 3.63) is 27.0 Å². The number of aromatic nitrogens is 1. The van der Waals surface area contributed by atoms with Crippen molar-refractivity contribution in [1.29, 1.82) is 5.26 Å². The van der Waals surface area contributed by atoms with E-state index in [1.807, 2.05) is 6.07 Å². The third-order valence-corrected chi connectivity index (χ3v) is 2.52. The van der Waals surface area contributed by atoms with Gasteiger partial charge in [0.1, 0.15) is 16.8 Å². The molecule has 6 heteroatoms. The maximum Gasteiger partial charge on any atom is 0.342 e. The topological polar surface area (TPSA) is 63.0 Å². The van der Waals surface area contributed by atoms with Crippen molar-refractivity contribution in [2.75, 3.05) is 6.61 Å². The van der Waals surface area contributed by atoms with Gasteiger partial charge in [-0.15, -0.1) is 0 Å². The van der Waals surface area contributed by atoms with Crippen molar-refractivity contribution in [1.82, 2.24) is 4.98 Å². The van der Waals surface area contributed by atoms with Crippen molar-refractivity contribution >= 4 is 29.2 Å². The highest BCUT2D eigenvalue weighted by atomic mass is 35.5. The lowest BCUT2D eigenvalue weighted by atomic mass is 10.1. The van der Waals surface area contributed by atoms with Gasteiger partial charge in [0.2, 0.25) is 0 Å². The van der Waals surface area contributed by atoms with Crippen molar-refractivity contribution in [2.45, 2.75) is 13.8 Å². The number of nitriles is 1. The van der Waals surface area contributed by atoms with Gasteiger partial charge in [-0.2, -0.15) is 5.26 Å². The van der Waals surface area contributed by atoms with Crippen LogP contribution in [0.2, 0.25) is 10.2 Å². The van der Waals surface area contributed by atoms with Crippen LogP contribution in [0.1, 0.15) is 28.5 Å². The molecule has 0 saturated heterocycles. The van der Waals surface area contributed by atoms with Gasteiger partial charge in [0.25, 0.3) is 0 Å². The maximum absolute atomic E-state index is 11.5. The molecule has 0 amide bonds. The third-order valence-electron chi connectivity index (χ3n) is 1.86. The summed E-state index contributed by atoms with van der Waals surface area (Å²) in [7, 11) is 0. The molecular weight excluding hydrogens is 251 g/mol. The summed E-state index contributed by atoms with van der Waals surface area (Å²) in [5.41, 5.74) is 0.451. The highest BCUT2D eigenvalue weighted by Gasteiger charge is 2.22. The first-order valence-corrected chi connectivity index (χ1v) is 5.21. The van der Waals surface area contributed by atoms with E-state index >= 15 is 0 Å². The SMILES string of the molecule is CCOC(=O)c1c(Cl)nc(C)c(C#N)c1Cl. The van der Waals surface area contributed by atoms with Crippen molar-refractivity contribution in [3.63, 3.8) is 0 Å². The Kier molecular flexibility index (Phi) is 4.11. The number of hydrogen-bond acceptors (Lipinski definition) is 4. The average Bonchev–Trinajstić information content (AvgIpc) is 2.17. The van der Waals surface area contributed by atoms with Crippen LogP contribution in [0.4, 0.5) is 0 Å². The Hall–Kier alpha value is -1.31. The number of nitrogens with zero attached hydrogens (tertiary/aromatic N) is 2. The summed E-state index contributed by atoms with van der Waals surface area (Å²) in [5, 5.41) is 8.79. The molecule has 0 N–H and O–H groups in total. The summed E-state index contributed by atoms with van der Waals surface area (Å²) < 4.78 is 4.77. The lowest BCUT2D eigenvalue weighted by Crippen LogP contribution is -2.09. The molecule has 1 rings (SSSR count). The second-order valence-electron chi connectivity index (χ2n) is 2.88. The van der Waals surface area contributed by atoms with E-state index in [4.69, 9.17) is 33.2 Å². The maximum atomic E-state index is 11.5. The first kappa shape index (κ1) is 12.8. The number of pyridine rings is 1. The van der Waals surface area contributed by atoms with E-state index in [1.54, 1.807) is 13.8 Å². The van der Waals surface area contributed by atoms with E-state index in [9.17, 15) is 4.79 Å². The minimum atomic E-state index is -0.679. The average molecular weight is 259 g/mol. The smallest absolute Gasteiger partial charge is 0.342 e. The summed E-state index contributed by atoms with van der Waals surface area (Å²) in [4.78, 5) is 15.4. The van der Waals surface area contributed by atoms with Crippen LogP contribution in [0.5, 0.6) is 0 Å². The van der Waals surface area contributed by atoms with Crippen molar-refractivity contribution < 1.29 is 9.53 Å². The Bertz CT molecular complexity index is 481. The molecule has 0 radical (unpaired) electrons. The fourth-order valence-electron chi connectivity index (χ4n) is 1.14. The molecule has 1 aromatic rings. The number of hydrogen-bond donors (Lipinski definition) is 0. The molecule has 0 bridgehead atoms. The normalized spacial score (nSPS) is 9.69. The summed E-state index contributed by atoms with van der Waals surface area (Å²) >= 11 is 11.7. The zero-order valence-corrected chi connectivity index (χ0v) is 10.2. The lowest BCUT2D eigenvalue weighted by molar-refractivity contribution is 0.0526. The molecule has 0 aromatic carbocycles. The molecule has 0 aliphatic heterocycles. The number of carbonyl (C=O) groups excluding carboxylic acids is 1. The molecule has 16 heavy (non-hydrogen) atoms. The number of ether oxygens (including phenoxy) is 1. The first-order valence-electron chi connectivity index (χ1n) is 4.45. The minimum absolute atomic E-state index is 0.0153. The van der Waals surface area contributed by atoms with Gasteiger partial charge in [0.05, 0.1) is 22.9 Å². The van der Waals surface area contributed by atoms with Crippen molar-refractivity contribution in [3.8, 4) is 6.07 Å². The molecule has 0 saturated carbocycles. The Labute approximate surface area is 103 Å². The predicted octanol–water partition coefficient (Wildman–Crippen LogP) is 2.75. The standard InChI is InChI=1S/C10H8Cl2N2O2/c1-3-16-10(15)7-8(11)6(4-13)5(2)14-9(7)12/h3H2,1-2H3. The summed E-state index contributed by atoms with van der Waals surface area (Å²) in [6.07, 6.45) is 0. The minimum Gasteiger partial charge on any atom is -0.462 e. The molecule has 0 fully saturated rings. The van der Waals surface area contributed by atoms with Crippen LogP contribution in [0.15, 0.2) is 0 Å². The Morgan fingerprint density at radius 1 is 1.56 bits per heavy atom. The predicted molar refractivity (Wildman–Crippen MR) is 59.7 cm³/mol. The zero-order chi connectivity index (χ0) is 12.3. The Morgan fingerprint density at radius 2 is 2.19 bits per heavy atom. The van der Waals surface area contributed by atoms with Crippen LogP contribution >= 0.6 is 23.2 Å². The summed E-state index contributed by atoms with van der Waals surface area (Å²) in [6, 6.07) is 1.87. The van der Waals surface area contributed by atoms with Crippen LogP contribution in [-0.2, 0) is 4.74 Å². The van der Waals surface area contributed by atoms with E-state index < -0.39 is 5.97 Å². The third kappa shape index (κ3) is 2.26. The molecule has 4 nitrogen and oxygen atoms in total. The van der Waals surface area contributed by atoms with Crippen LogP contribution in [0.25, 0.3) is 0 Å².